The molecule has 1 rings (SSSR count). The third-order valence-corrected chi connectivity index (χ3v) is 0.566. The molecule has 5 heteroatoms. The van der Waals surface area contributed by atoms with E-state index in [1.807, 2.05) is 18.2 Å². The van der Waals surface area contributed by atoms with E-state index in [2.05, 4.69) is 4.98 Å². The van der Waals surface area contributed by atoms with Gasteiger partial charge in [-0.2, -0.15) is 0 Å². The van der Waals surface area contributed by atoms with Crippen molar-refractivity contribution >= 4 is 67.3 Å². The smallest absolute Gasteiger partial charge is 0.0267 e. The Morgan fingerprint density at radius 1 is 0.800 bits per heavy atom. The predicted molar refractivity (Wildman–Crippen MR) is 47.2 cm³/mol. The van der Waals surface area contributed by atoms with Gasteiger partial charge in [-0.1, -0.05) is 6.07 Å². The summed E-state index contributed by atoms with van der Waals surface area (Å²) in [5, 5.41) is 0. The van der Waals surface area contributed by atoms with Crippen LogP contribution in [0, 0.1) is 0 Å². The van der Waals surface area contributed by atoms with Gasteiger partial charge < -0.3 is 11.0 Å². The van der Waals surface area contributed by atoms with E-state index in [9.17, 15) is 0 Å². The summed E-state index contributed by atoms with van der Waals surface area (Å²) >= 11 is 0. The molecular formula is C5H12CaNNaO2. The Morgan fingerprint density at radius 2 is 1.20 bits per heavy atom. The molecule has 3 nitrogen and oxygen atoms in total. The fourth-order valence-electron chi connectivity index (χ4n) is 0.313. The zero-order chi connectivity index (χ0) is 4.24. The van der Waals surface area contributed by atoms with Crippen LogP contribution in [0.1, 0.15) is 0 Å². The van der Waals surface area contributed by atoms with Crippen molar-refractivity contribution in [3.05, 3.63) is 30.6 Å². The van der Waals surface area contributed by atoms with Crippen LogP contribution in [0.25, 0.3) is 0 Å². The number of nitrogens with zero attached hydrogens (tertiary/aromatic N) is 1. The molecular weight excluding hydrogens is 169 g/mol. The molecule has 0 fully saturated rings. The average molecular weight is 181 g/mol. The first-order valence-electron chi connectivity index (χ1n) is 1.85. The van der Waals surface area contributed by atoms with Gasteiger partial charge >= 0.3 is 67.3 Å². The van der Waals surface area contributed by atoms with Gasteiger partial charge in [0.25, 0.3) is 0 Å². The number of pyridine rings is 1. The molecule has 4 N–H and O–H groups in total. The molecule has 0 aromatic carbocycles. The molecule has 1 aromatic heterocycles. The van der Waals surface area contributed by atoms with Gasteiger partial charge in [0, 0.05) is 12.4 Å². The van der Waals surface area contributed by atoms with Crippen LogP contribution in [-0.4, -0.2) is 83.2 Å². The Labute approximate surface area is 112 Å². The summed E-state index contributed by atoms with van der Waals surface area (Å²) < 4.78 is 0. The Morgan fingerprint density at radius 3 is 1.30 bits per heavy atom. The van der Waals surface area contributed by atoms with Crippen molar-refractivity contribution in [1.82, 2.24) is 4.98 Å². The van der Waals surface area contributed by atoms with Gasteiger partial charge in [-0.25, -0.2) is 0 Å². The van der Waals surface area contributed by atoms with Crippen molar-refractivity contribution in [3.8, 4) is 0 Å². The summed E-state index contributed by atoms with van der Waals surface area (Å²) in [6.07, 6.45) is 3.50. The van der Waals surface area contributed by atoms with Crippen LogP contribution in [0.4, 0.5) is 0 Å². The second-order valence-electron chi connectivity index (χ2n) is 1.02. The standard InChI is InChI=1S/C5H5N.Ca.Na.2H2O.3H/c1-2-4-6-5-3-1;;;;;;;/h1-5H;;;2*1H2;;;. The molecule has 0 bridgehead atoms. The van der Waals surface area contributed by atoms with Crippen molar-refractivity contribution in [2.75, 3.05) is 0 Å². The van der Waals surface area contributed by atoms with E-state index in [0.29, 0.717) is 0 Å². The maximum Gasteiger partial charge on any atom is 0.0267 e. The van der Waals surface area contributed by atoms with Gasteiger partial charge in [-0.05, 0) is 12.1 Å². The molecule has 1 heterocycles. The fourth-order valence-corrected chi connectivity index (χ4v) is 0.313. The van der Waals surface area contributed by atoms with Crippen LogP contribution in [-0.2, 0) is 0 Å². The van der Waals surface area contributed by atoms with E-state index in [0.717, 1.165) is 0 Å². The Bertz CT molecular complexity index is 91.6. The minimum absolute atomic E-state index is 0. The van der Waals surface area contributed by atoms with Crippen LogP contribution in [0.15, 0.2) is 30.6 Å². The summed E-state index contributed by atoms with van der Waals surface area (Å²) in [4.78, 5) is 3.78. The number of hydrogen-bond acceptors (Lipinski definition) is 1. The minimum Gasteiger partial charge on any atom is -0.265 e. The minimum atomic E-state index is 0. The molecule has 0 radical (unpaired) electrons. The number of aromatic nitrogens is 1. The van der Waals surface area contributed by atoms with E-state index in [4.69, 9.17) is 0 Å². The van der Waals surface area contributed by atoms with E-state index in [1.54, 1.807) is 12.4 Å². The second-order valence-corrected chi connectivity index (χ2v) is 1.02. The number of hydrogen-bond donors (Lipinski definition) is 0. The molecule has 0 unspecified atom stereocenters. The topological polar surface area (TPSA) is 75.9 Å². The van der Waals surface area contributed by atoms with E-state index in [1.165, 1.54) is 0 Å². The molecule has 0 saturated carbocycles. The number of rotatable bonds is 0. The summed E-state index contributed by atoms with van der Waals surface area (Å²) in [5.74, 6) is 0. The van der Waals surface area contributed by atoms with Crippen LogP contribution in [0.3, 0.4) is 0 Å². The average Bonchev–Trinajstić information content (AvgIpc) is 1.72. The molecule has 0 amide bonds. The Balaban J connectivity index is -0.0000000450. The van der Waals surface area contributed by atoms with Gasteiger partial charge in [0.05, 0.1) is 0 Å². The van der Waals surface area contributed by atoms with Crippen LogP contribution in [0.5, 0.6) is 0 Å². The second kappa shape index (κ2) is 16.7. The molecule has 0 aliphatic heterocycles. The zero-order valence-corrected chi connectivity index (χ0v) is 4.33. The van der Waals surface area contributed by atoms with E-state index >= 15 is 0 Å². The summed E-state index contributed by atoms with van der Waals surface area (Å²) in [7, 11) is 0. The van der Waals surface area contributed by atoms with Gasteiger partial charge in [0.15, 0.2) is 0 Å². The predicted octanol–water partition coefficient (Wildman–Crippen LogP) is -2.13. The summed E-state index contributed by atoms with van der Waals surface area (Å²) in [6, 6.07) is 5.72. The molecule has 0 saturated heterocycles. The monoisotopic (exact) mass is 181 g/mol. The maximum absolute atomic E-state index is 3.78. The first kappa shape index (κ1) is 22.5. The summed E-state index contributed by atoms with van der Waals surface area (Å²) in [6.45, 7) is 0. The molecule has 10 heavy (non-hydrogen) atoms. The molecule has 52 valence electrons. The molecule has 0 aliphatic rings. The van der Waals surface area contributed by atoms with E-state index in [-0.39, 0.29) is 78.2 Å². The Kier molecular flexibility index (Phi) is 37.7. The molecule has 1 aromatic rings. The van der Waals surface area contributed by atoms with Crippen molar-refractivity contribution in [3.63, 3.8) is 0 Å². The van der Waals surface area contributed by atoms with Gasteiger partial charge in [0.1, 0.15) is 0 Å². The van der Waals surface area contributed by atoms with Crippen molar-refractivity contribution in [2.24, 2.45) is 0 Å². The first-order valence-corrected chi connectivity index (χ1v) is 1.85. The first-order chi connectivity index (χ1) is 3.00. The third-order valence-electron chi connectivity index (χ3n) is 0.566. The van der Waals surface area contributed by atoms with Gasteiger partial charge in [0.2, 0.25) is 0 Å². The molecule has 0 spiro atoms. The Hall–Kier alpha value is 1.33. The van der Waals surface area contributed by atoms with Crippen molar-refractivity contribution < 1.29 is 11.0 Å². The van der Waals surface area contributed by atoms with Crippen molar-refractivity contribution in [2.45, 2.75) is 0 Å². The zero-order valence-electron chi connectivity index (χ0n) is 4.33. The normalized spacial score (nSPS) is 4.80. The fraction of sp³-hybridized carbons (Fsp3) is 0. The SMILES string of the molecule is O.O.[CaH2].[NaH].c1ccncc1. The van der Waals surface area contributed by atoms with Crippen LogP contribution >= 0.6 is 0 Å². The molecule has 0 atom stereocenters. The van der Waals surface area contributed by atoms with Gasteiger partial charge in [-0.15, -0.1) is 0 Å². The van der Waals surface area contributed by atoms with Crippen LogP contribution in [0.2, 0.25) is 0 Å². The largest absolute Gasteiger partial charge is 0.265 e. The molecule has 0 aliphatic carbocycles. The third kappa shape index (κ3) is 12.0. The van der Waals surface area contributed by atoms with Gasteiger partial charge in [-0.3, -0.25) is 4.98 Å². The quantitative estimate of drug-likeness (QED) is 0.421. The van der Waals surface area contributed by atoms with Crippen molar-refractivity contribution in [1.29, 1.82) is 0 Å². The van der Waals surface area contributed by atoms with Crippen LogP contribution < -0.4 is 0 Å². The summed E-state index contributed by atoms with van der Waals surface area (Å²) in [5.41, 5.74) is 0. The van der Waals surface area contributed by atoms with E-state index < -0.39 is 0 Å². The maximum atomic E-state index is 3.78.